The van der Waals surface area contributed by atoms with Crippen LogP contribution < -0.4 is 0 Å². The van der Waals surface area contributed by atoms with Crippen LogP contribution in [0.5, 0.6) is 0 Å². The maximum atomic E-state index is 10.2. The Hall–Kier alpha value is -0.180. The standard InChI is InChI=1S/C6H12O2S/c1-4(2)9-5(3)6(7)8/h4-5H,1-3H3,(H,7,8)/t5-/m0/s1. The lowest BCUT2D eigenvalue weighted by Gasteiger charge is -2.07. The molecule has 0 amide bonds. The van der Waals surface area contributed by atoms with Crippen LogP contribution in [0.4, 0.5) is 0 Å². The SMILES string of the molecule is CC(C)S[C@@H](C)C(=O)O. The van der Waals surface area contributed by atoms with Gasteiger partial charge in [0.05, 0.1) is 5.25 Å². The number of carboxylic acid groups (broad SMARTS) is 1. The minimum Gasteiger partial charge on any atom is -0.480 e. The Balaban J connectivity index is 3.50. The molecular weight excluding hydrogens is 136 g/mol. The van der Waals surface area contributed by atoms with Gasteiger partial charge in [-0.15, -0.1) is 11.8 Å². The van der Waals surface area contributed by atoms with Gasteiger partial charge in [-0.2, -0.15) is 0 Å². The third-order valence-electron chi connectivity index (χ3n) is 0.824. The molecule has 0 saturated heterocycles. The van der Waals surface area contributed by atoms with Crippen LogP contribution in [-0.2, 0) is 4.79 Å². The lowest BCUT2D eigenvalue weighted by atomic mass is 10.5. The van der Waals surface area contributed by atoms with Crippen molar-refractivity contribution in [3.8, 4) is 0 Å². The number of carbonyl (C=O) groups is 1. The van der Waals surface area contributed by atoms with E-state index in [1.54, 1.807) is 6.92 Å². The zero-order chi connectivity index (χ0) is 7.44. The Labute approximate surface area is 59.6 Å². The summed E-state index contributed by atoms with van der Waals surface area (Å²) in [4.78, 5) is 10.2. The molecule has 3 heteroatoms. The van der Waals surface area contributed by atoms with E-state index in [9.17, 15) is 4.79 Å². The number of hydrogen-bond donors (Lipinski definition) is 1. The highest BCUT2D eigenvalue weighted by Gasteiger charge is 2.11. The molecule has 0 rings (SSSR count). The molecule has 0 unspecified atom stereocenters. The molecule has 0 aliphatic rings. The third-order valence-corrected chi connectivity index (χ3v) is 1.98. The second-order valence-corrected chi connectivity index (χ2v) is 4.09. The summed E-state index contributed by atoms with van der Waals surface area (Å²) in [6.07, 6.45) is 0. The van der Waals surface area contributed by atoms with Crippen molar-refractivity contribution in [3.63, 3.8) is 0 Å². The molecule has 0 aromatic rings. The van der Waals surface area contributed by atoms with Crippen molar-refractivity contribution in [1.29, 1.82) is 0 Å². The quantitative estimate of drug-likeness (QED) is 0.660. The minimum atomic E-state index is -0.728. The van der Waals surface area contributed by atoms with Crippen molar-refractivity contribution in [3.05, 3.63) is 0 Å². The normalized spacial score (nSPS) is 13.8. The van der Waals surface area contributed by atoms with Crippen LogP contribution in [0.15, 0.2) is 0 Å². The smallest absolute Gasteiger partial charge is 0.316 e. The predicted octanol–water partition coefficient (Wildman–Crippen LogP) is 1.60. The van der Waals surface area contributed by atoms with Crippen molar-refractivity contribution in [1.82, 2.24) is 0 Å². The van der Waals surface area contributed by atoms with E-state index in [-0.39, 0.29) is 5.25 Å². The van der Waals surface area contributed by atoms with Crippen molar-refractivity contribution < 1.29 is 9.90 Å². The van der Waals surface area contributed by atoms with Gasteiger partial charge in [0.25, 0.3) is 0 Å². The molecular formula is C6H12O2S. The Morgan fingerprint density at radius 2 is 1.89 bits per heavy atom. The average molecular weight is 148 g/mol. The van der Waals surface area contributed by atoms with Crippen LogP contribution >= 0.6 is 11.8 Å². The van der Waals surface area contributed by atoms with Gasteiger partial charge in [-0.25, -0.2) is 0 Å². The van der Waals surface area contributed by atoms with Gasteiger partial charge in [-0.05, 0) is 12.2 Å². The molecule has 9 heavy (non-hydrogen) atoms. The topological polar surface area (TPSA) is 37.3 Å². The monoisotopic (exact) mass is 148 g/mol. The summed E-state index contributed by atoms with van der Waals surface area (Å²) in [5, 5.41) is 8.54. The highest BCUT2D eigenvalue weighted by atomic mass is 32.2. The Bertz CT molecular complexity index is 101. The molecule has 1 atom stereocenters. The maximum absolute atomic E-state index is 10.2. The lowest BCUT2D eigenvalue weighted by molar-refractivity contribution is -0.136. The number of carboxylic acids is 1. The zero-order valence-corrected chi connectivity index (χ0v) is 6.73. The van der Waals surface area contributed by atoms with Gasteiger partial charge in [-0.3, -0.25) is 4.79 Å². The molecule has 2 nitrogen and oxygen atoms in total. The average Bonchev–Trinajstić information content (AvgIpc) is 1.63. The second kappa shape index (κ2) is 3.77. The van der Waals surface area contributed by atoms with Gasteiger partial charge in [-0.1, -0.05) is 13.8 Å². The fourth-order valence-electron chi connectivity index (χ4n) is 0.466. The first kappa shape index (κ1) is 8.82. The van der Waals surface area contributed by atoms with Gasteiger partial charge < -0.3 is 5.11 Å². The molecule has 0 aliphatic carbocycles. The summed E-state index contributed by atoms with van der Waals surface area (Å²) in [6, 6.07) is 0. The Kier molecular flexibility index (Phi) is 3.70. The molecule has 0 heterocycles. The van der Waals surface area contributed by atoms with Crippen molar-refractivity contribution >= 4 is 17.7 Å². The van der Waals surface area contributed by atoms with Crippen LogP contribution in [0.3, 0.4) is 0 Å². The molecule has 0 fully saturated rings. The van der Waals surface area contributed by atoms with Crippen molar-refractivity contribution in [2.75, 3.05) is 0 Å². The first-order valence-corrected chi connectivity index (χ1v) is 3.86. The van der Waals surface area contributed by atoms with E-state index in [2.05, 4.69) is 0 Å². The van der Waals surface area contributed by atoms with E-state index in [4.69, 9.17) is 5.11 Å². The Morgan fingerprint density at radius 1 is 1.44 bits per heavy atom. The predicted molar refractivity (Wildman–Crippen MR) is 39.8 cm³/mol. The Morgan fingerprint density at radius 3 is 2.00 bits per heavy atom. The van der Waals surface area contributed by atoms with Gasteiger partial charge in [0.15, 0.2) is 0 Å². The first-order valence-electron chi connectivity index (χ1n) is 2.92. The highest BCUT2D eigenvalue weighted by molar-refractivity contribution is 8.01. The molecule has 0 radical (unpaired) electrons. The van der Waals surface area contributed by atoms with E-state index in [1.165, 1.54) is 11.8 Å². The van der Waals surface area contributed by atoms with E-state index >= 15 is 0 Å². The molecule has 0 spiro atoms. The summed E-state index contributed by atoms with van der Waals surface area (Å²) in [5.41, 5.74) is 0. The van der Waals surface area contributed by atoms with E-state index in [1.807, 2.05) is 13.8 Å². The van der Waals surface area contributed by atoms with Crippen molar-refractivity contribution in [2.45, 2.75) is 31.3 Å². The van der Waals surface area contributed by atoms with E-state index in [0.29, 0.717) is 5.25 Å². The van der Waals surface area contributed by atoms with Crippen LogP contribution in [0.1, 0.15) is 20.8 Å². The van der Waals surface area contributed by atoms with Gasteiger partial charge in [0.2, 0.25) is 0 Å². The largest absolute Gasteiger partial charge is 0.480 e. The number of thioether (sulfide) groups is 1. The van der Waals surface area contributed by atoms with E-state index in [0.717, 1.165) is 0 Å². The molecule has 1 N–H and O–H groups in total. The molecule has 0 bridgehead atoms. The summed E-state index contributed by atoms with van der Waals surface area (Å²) in [5.74, 6) is -0.728. The number of aliphatic carboxylic acids is 1. The van der Waals surface area contributed by atoms with Gasteiger partial charge >= 0.3 is 5.97 Å². The zero-order valence-electron chi connectivity index (χ0n) is 5.92. The fourth-order valence-corrected chi connectivity index (χ4v) is 1.40. The molecule has 54 valence electrons. The number of hydrogen-bond acceptors (Lipinski definition) is 2. The lowest BCUT2D eigenvalue weighted by Crippen LogP contribution is -2.13. The summed E-state index contributed by atoms with van der Waals surface area (Å²) < 4.78 is 0. The van der Waals surface area contributed by atoms with Crippen LogP contribution in [0.25, 0.3) is 0 Å². The fraction of sp³-hybridized carbons (Fsp3) is 0.833. The summed E-state index contributed by atoms with van der Waals surface area (Å²) in [7, 11) is 0. The highest BCUT2D eigenvalue weighted by Crippen LogP contribution is 2.15. The van der Waals surface area contributed by atoms with Gasteiger partial charge in [0.1, 0.15) is 0 Å². The van der Waals surface area contributed by atoms with E-state index < -0.39 is 5.97 Å². The van der Waals surface area contributed by atoms with Crippen molar-refractivity contribution in [2.24, 2.45) is 0 Å². The first-order chi connectivity index (χ1) is 4.04. The van der Waals surface area contributed by atoms with Crippen LogP contribution in [-0.4, -0.2) is 21.6 Å². The minimum absolute atomic E-state index is 0.273. The van der Waals surface area contributed by atoms with Crippen LogP contribution in [0.2, 0.25) is 0 Å². The third kappa shape index (κ3) is 4.33. The molecule has 0 aromatic heterocycles. The van der Waals surface area contributed by atoms with Crippen LogP contribution in [0, 0.1) is 0 Å². The molecule has 0 aliphatic heterocycles. The molecule has 0 saturated carbocycles. The maximum Gasteiger partial charge on any atom is 0.316 e. The number of rotatable bonds is 3. The second-order valence-electron chi connectivity index (χ2n) is 2.17. The summed E-state index contributed by atoms with van der Waals surface area (Å²) in [6.45, 7) is 5.68. The van der Waals surface area contributed by atoms with Gasteiger partial charge in [0, 0.05) is 0 Å². The summed E-state index contributed by atoms with van der Waals surface area (Å²) >= 11 is 1.46. The molecule has 0 aromatic carbocycles.